The molecule has 0 atom stereocenters. The molecule has 0 saturated carbocycles. The standard InChI is InChI=1S/C17H10F3N5/c1-25-14-5-3-10(17(18,19)20)7-13(14)22-16(25)15-11-6-9(8-21)2-4-12(11)23-24-15/h2-7H,1H3,(H,23,24). The van der Waals surface area contributed by atoms with Crippen molar-refractivity contribution in [2.24, 2.45) is 7.05 Å². The van der Waals surface area contributed by atoms with E-state index in [9.17, 15) is 13.2 Å². The first-order valence-electron chi connectivity index (χ1n) is 7.31. The molecule has 4 rings (SSSR count). The van der Waals surface area contributed by atoms with Crippen LogP contribution in [0.25, 0.3) is 33.5 Å². The monoisotopic (exact) mass is 341 g/mol. The zero-order valence-electron chi connectivity index (χ0n) is 12.9. The zero-order chi connectivity index (χ0) is 17.8. The minimum Gasteiger partial charge on any atom is -0.326 e. The molecule has 124 valence electrons. The number of H-pyrrole nitrogens is 1. The lowest BCUT2D eigenvalue weighted by Crippen LogP contribution is -2.04. The highest BCUT2D eigenvalue weighted by Crippen LogP contribution is 2.33. The highest BCUT2D eigenvalue weighted by Gasteiger charge is 2.31. The number of hydrogen-bond acceptors (Lipinski definition) is 3. The molecule has 0 saturated heterocycles. The summed E-state index contributed by atoms with van der Waals surface area (Å²) < 4.78 is 40.4. The van der Waals surface area contributed by atoms with Gasteiger partial charge in [0.15, 0.2) is 5.82 Å². The summed E-state index contributed by atoms with van der Waals surface area (Å²) in [7, 11) is 1.71. The lowest BCUT2D eigenvalue weighted by molar-refractivity contribution is -0.137. The van der Waals surface area contributed by atoms with Gasteiger partial charge in [-0.25, -0.2) is 4.98 Å². The predicted octanol–water partition coefficient (Wildman–Crippen LogP) is 4.01. The Morgan fingerprint density at radius 1 is 1.16 bits per heavy atom. The minimum absolute atomic E-state index is 0.236. The molecule has 0 unspecified atom stereocenters. The number of aromatic nitrogens is 4. The van der Waals surface area contributed by atoms with E-state index in [0.29, 0.717) is 28.0 Å². The third kappa shape index (κ3) is 2.32. The second kappa shape index (κ2) is 5.08. The van der Waals surface area contributed by atoms with Crippen molar-refractivity contribution < 1.29 is 13.2 Å². The van der Waals surface area contributed by atoms with E-state index in [0.717, 1.165) is 17.6 Å². The Bertz CT molecular complexity index is 1160. The zero-order valence-corrected chi connectivity index (χ0v) is 12.9. The Morgan fingerprint density at radius 2 is 1.96 bits per heavy atom. The van der Waals surface area contributed by atoms with Crippen LogP contribution in [-0.4, -0.2) is 19.7 Å². The fourth-order valence-electron chi connectivity index (χ4n) is 2.84. The van der Waals surface area contributed by atoms with E-state index in [1.807, 2.05) is 0 Å². The van der Waals surface area contributed by atoms with Gasteiger partial charge >= 0.3 is 6.18 Å². The number of hydrogen-bond donors (Lipinski definition) is 1. The fourth-order valence-corrected chi connectivity index (χ4v) is 2.84. The molecule has 0 spiro atoms. The second-order valence-corrected chi connectivity index (χ2v) is 5.64. The van der Waals surface area contributed by atoms with Crippen LogP contribution in [0.3, 0.4) is 0 Å². The van der Waals surface area contributed by atoms with Gasteiger partial charge in [0.05, 0.1) is 33.7 Å². The van der Waals surface area contributed by atoms with Gasteiger partial charge in [-0.15, -0.1) is 0 Å². The molecule has 2 heterocycles. The van der Waals surface area contributed by atoms with Gasteiger partial charge < -0.3 is 4.57 Å². The number of aromatic amines is 1. The van der Waals surface area contributed by atoms with Crippen molar-refractivity contribution in [3.8, 4) is 17.6 Å². The molecule has 1 N–H and O–H groups in total. The normalized spacial score (nSPS) is 12.0. The summed E-state index contributed by atoms with van der Waals surface area (Å²) in [5, 5.41) is 16.8. The molecule has 0 radical (unpaired) electrons. The third-order valence-corrected chi connectivity index (χ3v) is 4.11. The van der Waals surface area contributed by atoms with Crippen LogP contribution in [0, 0.1) is 11.3 Å². The van der Waals surface area contributed by atoms with Gasteiger partial charge in [0.25, 0.3) is 0 Å². The molecule has 5 nitrogen and oxygen atoms in total. The number of benzene rings is 2. The van der Waals surface area contributed by atoms with Crippen molar-refractivity contribution in [2.75, 3.05) is 0 Å². The topological polar surface area (TPSA) is 70.3 Å². The van der Waals surface area contributed by atoms with Crippen LogP contribution in [-0.2, 0) is 13.2 Å². The van der Waals surface area contributed by atoms with E-state index in [4.69, 9.17) is 5.26 Å². The molecule has 2 aromatic heterocycles. The summed E-state index contributed by atoms with van der Waals surface area (Å²) in [6.07, 6.45) is -4.42. The van der Waals surface area contributed by atoms with Gasteiger partial charge in [-0.2, -0.15) is 23.5 Å². The number of aryl methyl sites for hydroxylation is 1. The van der Waals surface area contributed by atoms with Crippen LogP contribution in [0.5, 0.6) is 0 Å². The number of alkyl halides is 3. The molecule has 25 heavy (non-hydrogen) atoms. The van der Waals surface area contributed by atoms with Crippen LogP contribution in [0.2, 0.25) is 0 Å². The van der Waals surface area contributed by atoms with Gasteiger partial charge in [0, 0.05) is 12.4 Å². The van der Waals surface area contributed by atoms with Crippen molar-refractivity contribution >= 4 is 21.9 Å². The number of rotatable bonds is 1. The van der Waals surface area contributed by atoms with E-state index in [1.165, 1.54) is 6.07 Å². The maximum absolute atomic E-state index is 12.9. The smallest absolute Gasteiger partial charge is 0.326 e. The van der Waals surface area contributed by atoms with Gasteiger partial charge in [0.2, 0.25) is 0 Å². The summed E-state index contributed by atoms with van der Waals surface area (Å²) in [5.74, 6) is 0.427. The third-order valence-electron chi connectivity index (χ3n) is 4.11. The fraction of sp³-hybridized carbons (Fsp3) is 0.118. The first kappa shape index (κ1) is 15.2. The van der Waals surface area contributed by atoms with Crippen molar-refractivity contribution in [3.05, 3.63) is 47.5 Å². The lowest BCUT2D eigenvalue weighted by Gasteiger charge is -2.05. The van der Waals surface area contributed by atoms with Gasteiger partial charge in [0.1, 0.15) is 5.69 Å². The summed E-state index contributed by atoms with van der Waals surface area (Å²) in [6, 6.07) is 10.6. The molecule has 8 heteroatoms. The van der Waals surface area contributed by atoms with Crippen LogP contribution >= 0.6 is 0 Å². The summed E-state index contributed by atoms with van der Waals surface area (Å²) in [6.45, 7) is 0. The van der Waals surface area contributed by atoms with E-state index < -0.39 is 11.7 Å². The Balaban J connectivity index is 1.96. The molecule has 0 fully saturated rings. The van der Waals surface area contributed by atoms with Crippen molar-refractivity contribution in [1.82, 2.24) is 19.7 Å². The average Bonchev–Trinajstić information content (AvgIpc) is 3.14. The van der Waals surface area contributed by atoms with Crippen LogP contribution < -0.4 is 0 Å². The average molecular weight is 341 g/mol. The summed E-state index contributed by atoms with van der Waals surface area (Å²) >= 11 is 0. The number of imidazole rings is 1. The van der Waals surface area contributed by atoms with Gasteiger partial charge in [-0.1, -0.05) is 0 Å². The molecule has 2 aromatic carbocycles. The largest absolute Gasteiger partial charge is 0.416 e. The SMILES string of the molecule is Cn1c(-c2n[nH]c3ccc(C#N)cc23)nc2cc(C(F)(F)F)ccc21. The number of nitriles is 1. The maximum atomic E-state index is 12.9. The first-order chi connectivity index (χ1) is 11.9. The lowest BCUT2D eigenvalue weighted by atomic mass is 10.1. The second-order valence-electron chi connectivity index (χ2n) is 5.64. The molecule has 0 aliphatic carbocycles. The first-order valence-corrected chi connectivity index (χ1v) is 7.31. The highest BCUT2D eigenvalue weighted by atomic mass is 19.4. The Hall–Kier alpha value is -3.34. The highest BCUT2D eigenvalue weighted by molar-refractivity contribution is 5.94. The molecule has 0 aliphatic rings. The molecular weight excluding hydrogens is 331 g/mol. The van der Waals surface area contributed by atoms with Crippen LogP contribution in [0.15, 0.2) is 36.4 Å². The van der Waals surface area contributed by atoms with Crippen molar-refractivity contribution in [3.63, 3.8) is 0 Å². The molecule has 0 bridgehead atoms. The van der Waals surface area contributed by atoms with Gasteiger partial charge in [-0.3, -0.25) is 5.10 Å². The molecule has 4 aromatic rings. The van der Waals surface area contributed by atoms with E-state index in [-0.39, 0.29) is 5.52 Å². The Kier molecular flexibility index (Phi) is 3.09. The van der Waals surface area contributed by atoms with E-state index in [2.05, 4.69) is 21.3 Å². The summed E-state index contributed by atoms with van der Waals surface area (Å²) in [5.41, 5.74) is 1.73. The molecule has 0 amide bonds. The molecular formula is C17H10F3N5. The number of halogens is 3. The van der Waals surface area contributed by atoms with Crippen molar-refractivity contribution in [2.45, 2.75) is 6.18 Å². The predicted molar refractivity (Wildman–Crippen MR) is 85.5 cm³/mol. The minimum atomic E-state index is -4.42. The Labute approximate surface area is 139 Å². The van der Waals surface area contributed by atoms with Crippen LogP contribution in [0.4, 0.5) is 13.2 Å². The quantitative estimate of drug-likeness (QED) is 0.569. The van der Waals surface area contributed by atoms with Crippen LogP contribution in [0.1, 0.15) is 11.1 Å². The number of nitrogens with zero attached hydrogens (tertiary/aromatic N) is 4. The van der Waals surface area contributed by atoms with E-state index in [1.54, 1.807) is 29.8 Å². The number of nitrogens with one attached hydrogen (secondary N) is 1. The van der Waals surface area contributed by atoms with E-state index >= 15 is 0 Å². The number of fused-ring (bicyclic) bond motifs is 2. The Morgan fingerprint density at radius 3 is 2.68 bits per heavy atom. The summed E-state index contributed by atoms with van der Waals surface area (Å²) in [4.78, 5) is 4.33. The maximum Gasteiger partial charge on any atom is 0.416 e. The van der Waals surface area contributed by atoms with Crippen molar-refractivity contribution in [1.29, 1.82) is 5.26 Å². The van der Waals surface area contributed by atoms with Gasteiger partial charge in [-0.05, 0) is 36.4 Å². The molecule has 0 aliphatic heterocycles.